The Bertz CT molecular complexity index is 45.3. The first-order chi connectivity index (χ1) is 5.00. The van der Waals surface area contributed by atoms with Crippen LogP contribution in [0.3, 0.4) is 0 Å². The summed E-state index contributed by atoms with van der Waals surface area (Å²) in [4.78, 5) is 0. The van der Waals surface area contributed by atoms with Gasteiger partial charge in [0.25, 0.3) is 0 Å². The summed E-state index contributed by atoms with van der Waals surface area (Å²) in [5.74, 6) is 0. The number of hydrogen-bond donors (Lipinski definition) is 0. The summed E-state index contributed by atoms with van der Waals surface area (Å²) >= 11 is 0. The van der Waals surface area contributed by atoms with Gasteiger partial charge in [-0.05, 0) is 25.7 Å². The van der Waals surface area contributed by atoms with Crippen molar-refractivity contribution >= 4 is 0 Å². The minimum atomic E-state index is 0. The van der Waals surface area contributed by atoms with Crippen LogP contribution in [-0.2, 0) is 9.47 Å². The van der Waals surface area contributed by atoms with Gasteiger partial charge in [-0.1, -0.05) is 0 Å². The van der Waals surface area contributed by atoms with Crippen molar-refractivity contribution in [3.63, 3.8) is 0 Å². The molecule has 2 saturated heterocycles. The Labute approximate surface area is 101 Å². The molecule has 0 radical (unpaired) electrons. The Hall–Kier alpha value is 1.26. The zero-order valence-corrected chi connectivity index (χ0v) is 9.50. The molecule has 2 heterocycles. The zero-order chi connectivity index (χ0) is 7.07. The van der Waals surface area contributed by atoms with Gasteiger partial charge >= 0.3 is 0 Å². The van der Waals surface area contributed by atoms with Gasteiger partial charge < -0.3 is 9.47 Å². The van der Waals surface area contributed by atoms with Crippen molar-refractivity contribution in [2.75, 3.05) is 26.4 Å². The second-order valence-corrected chi connectivity index (χ2v) is 2.64. The van der Waals surface area contributed by atoms with Crippen LogP contribution in [0.25, 0.3) is 0 Å². The van der Waals surface area contributed by atoms with Gasteiger partial charge in [0.15, 0.2) is 0 Å². The molecular formula is C8H16O2Sm. The molecule has 0 spiro atoms. The maximum atomic E-state index is 4.94. The Morgan fingerprint density at radius 3 is 0.909 bits per heavy atom. The van der Waals surface area contributed by atoms with Gasteiger partial charge in [0.2, 0.25) is 0 Å². The maximum Gasteiger partial charge on any atom is 0.0466 e. The summed E-state index contributed by atoms with van der Waals surface area (Å²) in [6.45, 7) is 4.00. The third-order valence-electron chi connectivity index (χ3n) is 1.65. The molecule has 66 valence electrons. The average Bonchev–Trinajstić information content (AvgIpc) is 2.67. The molecule has 0 amide bonds. The van der Waals surface area contributed by atoms with Crippen LogP contribution in [-0.4, -0.2) is 26.4 Å². The Morgan fingerprint density at radius 2 is 0.818 bits per heavy atom. The second-order valence-electron chi connectivity index (χ2n) is 2.64. The Morgan fingerprint density at radius 1 is 0.545 bits per heavy atom. The fourth-order valence-electron chi connectivity index (χ4n) is 1.02. The minimum absolute atomic E-state index is 0. The second kappa shape index (κ2) is 9.35. The van der Waals surface area contributed by atoms with Gasteiger partial charge in [-0.25, -0.2) is 0 Å². The molecule has 0 saturated carbocycles. The molecule has 11 heavy (non-hydrogen) atoms. The van der Waals surface area contributed by atoms with Gasteiger partial charge in [0.05, 0.1) is 0 Å². The van der Waals surface area contributed by atoms with Crippen molar-refractivity contribution in [3.8, 4) is 0 Å². The van der Waals surface area contributed by atoms with Crippen molar-refractivity contribution in [3.05, 3.63) is 0 Å². The first-order valence-corrected chi connectivity index (χ1v) is 4.15. The first kappa shape index (κ1) is 12.3. The normalized spacial score (nSPS) is 21.8. The standard InChI is InChI=1S/2C4H8O.Sm/c2*1-2-4-5-3-1;/h2*1-4H2;. The van der Waals surface area contributed by atoms with Gasteiger partial charge in [-0.15, -0.1) is 0 Å². The third kappa shape index (κ3) is 7.61. The molecule has 3 heteroatoms. The monoisotopic (exact) mass is 296 g/mol. The largest absolute Gasteiger partial charge is 0.381 e. The fraction of sp³-hybridized carbons (Fsp3) is 1.00. The molecule has 2 fully saturated rings. The molecule has 2 aliphatic heterocycles. The summed E-state index contributed by atoms with van der Waals surface area (Å²) in [6, 6.07) is 0. The minimum Gasteiger partial charge on any atom is -0.381 e. The maximum absolute atomic E-state index is 4.94. The third-order valence-corrected chi connectivity index (χ3v) is 1.65. The van der Waals surface area contributed by atoms with Gasteiger partial charge in [-0.2, -0.15) is 0 Å². The van der Waals surface area contributed by atoms with Crippen LogP contribution < -0.4 is 0 Å². The molecule has 0 aromatic carbocycles. The van der Waals surface area contributed by atoms with E-state index in [4.69, 9.17) is 9.47 Å². The van der Waals surface area contributed by atoms with E-state index < -0.39 is 0 Å². The van der Waals surface area contributed by atoms with Crippen LogP contribution in [0.15, 0.2) is 0 Å². The van der Waals surface area contributed by atoms with E-state index in [0.29, 0.717) is 0 Å². The van der Waals surface area contributed by atoms with E-state index in [-0.39, 0.29) is 40.4 Å². The molecule has 0 unspecified atom stereocenters. The smallest absolute Gasteiger partial charge is 0.0466 e. The number of hydrogen-bond acceptors (Lipinski definition) is 2. The van der Waals surface area contributed by atoms with Crippen molar-refractivity contribution in [2.24, 2.45) is 0 Å². The summed E-state index contributed by atoms with van der Waals surface area (Å²) < 4.78 is 9.89. The number of ether oxygens (including phenoxy) is 2. The molecule has 0 atom stereocenters. The van der Waals surface area contributed by atoms with Crippen molar-refractivity contribution in [1.29, 1.82) is 0 Å². The zero-order valence-electron chi connectivity index (χ0n) is 6.88. The SMILES string of the molecule is C1CCOC1.C1CCOC1.[Sm]. The van der Waals surface area contributed by atoms with Crippen LogP contribution in [0.1, 0.15) is 25.7 Å². The Balaban J connectivity index is 0.000000167. The summed E-state index contributed by atoms with van der Waals surface area (Å²) in [5.41, 5.74) is 0. The van der Waals surface area contributed by atoms with E-state index in [0.717, 1.165) is 26.4 Å². The van der Waals surface area contributed by atoms with Crippen LogP contribution >= 0.6 is 0 Å². The van der Waals surface area contributed by atoms with E-state index in [2.05, 4.69) is 0 Å². The van der Waals surface area contributed by atoms with Crippen LogP contribution in [0, 0.1) is 40.4 Å². The van der Waals surface area contributed by atoms with E-state index >= 15 is 0 Å². The van der Waals surface area contributed by atoms with Crippen LogP contribution in [0.5, 0.6) is 0 Å². The Kier molecular flexibility index (Phi) is 10.4. The quantitative estimate of drug-likeness (QED) is 0.675. The predicted octanol–water partition coefficient (Wildman–Crippen LogP) is 1.59. The fourth-order valence-corrected chi connectivity index (χ4v) is 1.02. The summed E-state index contributed by atoms with van der Waals surface area (Å²) in [7, 11) is 0. The molecule has 2 aliphatic rings. The summed E-state index contributed by atoms with van der Waals surface area (Å²) in [6.07, 6.45) is 5.11. The molecule has 0 N–H and O–H groups in total. The predicted molar refractivity (Wildman–Crippen MR) is 40.1 cm³/mol. The van der Waals surface area contributed by atoms with Crippen LogP contribution in [0.4, 0.5) is 0 Å². The molecule has 0 aliphatic carbocycles. The van der Waals surface area contributed by atoms with Crippen LogP contribution in [0.2, 0.25) is 0 Å². The molecule has 0 bridgehead atoms. The van der Waals surface area contributed by atoms with Crippen molar-refractivity contribution < 1.29 is 49.9 Å². The van der Waals surface area contributed by atoms with E-state index in [1.165, 1.54) is 25.7 Å². The molecule has 0 aromatic heterocycles. The number of rotatable bonds is 0. The molecule has 2 rings (SSSR count). The van der Waals surface area contributed by atoms with Gasteiger partial charge in [-0.3, -0.25) is 0 Å². The molecule has 0 aromatic rings. The van der Waals surface area contributed by atoms with E-state index in [1.807, 2.05) is 0 Å². The van der Waals surface area contributed by atoms with E-state index in [9.17, 15) is 0 Å². The van der Waals surface area contributed by atoms with Crippen molar-refractivity contribution in [1.82, 2.24) is 0 Å². The van der Waals surface area contributed by atoms with Gasteiger partial charge in [0, 0.05) is 66.8 Å². The molecular weight excluding hydrogens is 278 g/mol. The summed E-state index contributed by atoms with van der Waals surface area (Å²) in [5, 5.41) is 0. The topological polar surface area (TPSA) is 18.5 Å². The van der Waals surface area contributed by atoms with Gasteiger partial charge in [0.1, 0.15) is 0 Å². The first-order valence-electron chi connectivity index (χ1n) is 4.15. The average molecular weight is 295 g/mol. The molecule has 2 nitrogen and oxygen atoms in total. The van der Waals surface area contributed by atoms with Crippen molar-refractivity contribution in [2.45, 2.75) is 25.7 Å². The van der Waals surface area contributed by atoms with E-state index in [1.54, 1.807) is 0 Å².